The number of fused-ring (bicyclic) bond motifs is 1. The Bertz CT molecular complexity index is 1210. The Morgan fingerprint density at radius 2 is 1.72 bits per heavy atom. The van der Waals surface area contributed by atoms with Gasteiger partial charge in [-0.05, 0) is 55.5 Å². The van der Waals surface area contributed by atoms with Crippen molar-refractivity contribution in [3.05, 3.63) is 77.6 Å². The monoisotopic (exact) mass is 387 g/mol. The lowest BCUT2D eigenvalue weighted by Crippen LogP contribution is -2.12. The first-order chi connectivity index (χ1) is 14.0. The Hall–Kier alpha value is -4.07. The third-order valence-electron chi connectivity index (χ3n) is 4.40. The van der Waals surface area contributed by atoms with Crippen LogP contribution in [0.2, 0.25) is 0 Å². The number of carbonyl (C=O) groups is 2. The predicted molar refractivity (Wildman–Crippen MR) is 107 cm³/mol. The molecule has 1 amide bonds. The van der Waals surface area contributed by atoms with Gasteiger partial charge in [-0.1, -0.05) is 12.1 Å². The van der Waals surface area contributed by atoms with E-state index in [1.807, 2.05) is 37.3 Å². The Morgan fingerprint density at radius 3 is 2.48 bits per heavy atom. The highest BCUT2D eigenvalue weighted by atomic mass is 16.5. The van der Waals surface area contributed by atoms with Gasteiger partial charge in [-0.2, -0.15) is 9.61 Å². The van der Waals surface area contributed by atoms with Crippen LogP contribution in [0.3, 0.4) is 0 Å². The first-order valence-corrected chi connectivity index (χ1v) is 8.84. The number of methoxy groups -OCH3 is 1. The van der Waals surface area contributed by atoms with Crippen LogP contribution in [0.1, 0.15) is 26.5 Å². The van der Waals surface area contributed by atoms with Crippen LogP contribution in [0.15, 0.2) is 60.7 Å². The molecule has 0 aliphatic rings. The van der Waals surface area contributed by atoms with Crippen molar-refractivity contribution < 1.29 is 14.3 Å². The SMILES string of the molecule is COC(=O)c1ccc(C(=O)Nc2cccc(-c3ccc4nnc(C)n4n3)c2)cc1. The molecular weight excluding hydrogens is 370 g/mol. The third kappa shape index (κ3) is 3.68. The molecular formula is C21H17N5O3. The molecule has 0 fully saturated rings. The van der Waals surface area contributed by atoms with Crippen LogP contribution in [0.25, 0.3) is 16.9 Å². The first kappa shape index (κ1) is 18.3. The summed E-state index contributed by atoms with van der Waals surface area (Å²) in [6.07, 6.45) is 0. The van der Waals surface area contributed by atoms with E-state index in [4.69, 9.17) is 0 Å². The number of hydrogen-bond acceptors (Lipinski definition) is 6. The van der Waals surface area contributed by atoms with Gasteiger partial charge in [-0.3, -0.25) is 4.79 Å². The quantitative estimate of drug-likeness (QED) is 0.540. The summed E-state index contributed by atoms with van der Waals surface area (Å²) in [6.45, 7) is 1.83. The lowest BCUT2D eigenvalue weighted by molar-refractivity contribution is 0.0600. The second-order valence-electron chi connectivity index (χ2n) is 6.34. The summed E-state index contributed by atoms with van der Waals surface area (Å²) >= 11 is 0. The van der Waals surface area contributed by atoms with E-state index in [1.165, 1.54) is 7.11 Å². The maximum Gasteiger partial charge on any atom is 0.337 e. The fourth-order valence-corrected chi connectivity index (χ4v) is 2.89. The summed E-state index contributed by atoms with van der Waals surface area (Å²) in [4.78, 5) is 24.0. The van der Waals surface area contributed by atoms with E-state index in [0.717, 1.165) is 11.3 Å². The summed E-state index contributed by atoms with van der Waals surface area (Å²) in [5, 5.41) is 15.5. The van der Waals surface area contributed by atoms with Crippen LogP contribution >= 0.6 is 0 Å². The number of hydrogen-bond donors (Lipinski definition) is 1. The Labute approximate surface area is 166 Å². The van der Waals surface area contributed by atoms with Crippen molar-refractivity contribution in [2.24, 2.45) is 0 Å². The minimum Gasteiger partial charge on any atom is -0.465 e. The Balaban J connectivity index is 1.56. The summed E-state index contributed by atoms with van der Waals surface area (Å²) in [6, 6.07) is 17.4. The van der Waals surface area contributed by atoms with Gasteiger partial charge in [0.05, 0.1) is 18.4 Å². The van der Waals surface area contributed by atoms with E-state index in [9.17, 15) is 9.59 Å². The maximum atomic E-state index is 12.5. The molecule has 0 radical (unpaired) electrons. The molecule has 0 aliphatic carbocycles. The molecule has 1 N–H and O–H groups in total. The van der Waals surface area contributed by atoms with Crippen LogP contribution in [0, 0.1) is 6.92 Å². The molecule has 4 aromatic rings. The fourth-order valence-electron chi connectivity index (χ4n) is 2.89. The van der Waals surface area contributed by atoms with Crippen LogP contribution in [-0.2, 0) is 4.74 Å². The highest BCUT2D eigenvalue weighted by molar-refractivity contribution is 6.05. The van der Waals surface area contributed by atoms with Crippen molar-refractivity contribution in [3.8, 4) is 11.3 Å². The van der Waals surface area contributed by atoms with Gasteiger partial charge in [0.15, 0.2) is 11.5 Å². The second-order valence-corrected chi connectivity index (χ2v) is 6.34. The lowest BCUT2D eigenvalue weighted by Gasteiger charge is -2.08. The zero-order valence-electron chi connectivity index (χ0n) is 15.8. The predicted octanol–water partition coefficient (Wildman–Crippen LogP) is 3.14. The number of aromatic nitrogens is 4. The number of anilines is 1. The van der Waals surface area contributed by atoms with Crippen molar-refractivity contribution in [1.82, 2.24) is 19.8 Å². The van der Waals surface area contributed by atoms with Gasteiger partial charge in [-0.15, -0.1) is 10.2 Å². The Morgan fingerprint density at radius 1 is 0.966 bits per heavy atom. The molecule has 0 saturated heterocycles. The largest absolute Gasteiger partial charge is 0.465 e. The number of nitrogens with one attached hydrogen (secondary N) is 1. The fraction of sp³-hybridized carbons (Fsp3) is 0.0952. The zero-order chi connectivity index (χ0) is 20.4. The van der Waals surface area contributed by atoms with Crippen molar-refractivity contribution in [2.75, 3.05) is 12.4 Å². The molecule has 4 rings (SSSR count). The highest BCUT2D eigenvalue weighted by Crippen LogP contribution is 2.22. The molecule has 0 aliphatic heterocycles. The molecule has 144 valence electrons. The average molecular weight is 387 g/mol. The van der Waals surface area contributed by atoms with E-state index < -0.39 is 5.97 Å². The number of carbonyl (C=O) groups excluding carboxylic acids is 2. The second kappa shape index (κ2) is 7.51. The van der Waals surface area contributed by atoms with Gasteiger partial charge < -0.3 is 10.1 Å². The molecule has 2 heterocycles. The maximum absolute atomic E-state index is 12.5. The van der Waals surface area contributed by atoms with Gasteiger partial charge in [0, 0.05) is 16.8 Å². The summed E-state index contributed by atoms with van der Waals surface area (Å²) in [7, 11) is 1.31. The number of nitrogens with zero attached hydrogens (tertiary/aromatic N) is 4. The molecule has 0 spiro atoms. The normalized spacial score (nSPS) is 10.7. The van der Waals surface area contributed by atoms with E-state index in [-0.39, 0.29) is 5.91 Å². The van der Waals surface area contributed by atoms with Crippen LogP contribution in [0.5, 0.6) is 0 Å². The molecule has 29 heavy (non-hydrogen) atoms. The van der Waals surface area contributed by atoms with Crippen LogP contribution in [-0.4, -0.2) is 38.8 Å². The van der Waals surface area contributed by atoms with Gasteiger partial charge >= 0.3 is 5.97 Å². The molecule has 0 unspecified atom stereocenters. The van der Waals surface area contributed by atoms with Gasteiger partial charge in [0.2, 0.25) is 0 Å². The van der Waals surface area contributed by atoms with Gasteiger partial charge in [-0.25, -0.2) is 4.79 Å². The van der Waals surface area contributed by atoms with Crippen molar-refractivity contribution >= 4 is 23.2 Å². The third-order valence-corrected chi connectivity index (χ3v) is 4.40. The van der Waals surface area contributed by atoms with Crippen LogP contribution < -0.4 is 5.32 Å². The number of amides is 1. The number of aryl methyl sites for hydroxylation is 1. The number of benzene rings is 2. The molecule has 0 saturated carbocycles. The molecule has 0 bridgehead atoms. The number of rotatable bonds is 4. The van der Waals surface area contributed by atoms with Gasteiger partial charge in [0.1, 0.15) is 0 Å². The number of ether oxygens (including phenoxy) is 1. The summed E-state index contributed by atoms with van der Waals surface area (Å²) in [5.74, 6) is -0.0317. The van der Waals surface area contributed by atoms with Crippen molar-refractivity contribution in [1.29, 1.82) is 0 Å². The highest BCUT2D eigenvalue weighted by Gasteiger charge is 2.11. The summed E-state index contributed by atoms with van der Waals surface area (Å²) < 4.78 is 6.33. The first-order valence-electron chi connectivity index (χ1n) is 8.84. The molecule has 8 nitrogen and oxygen atoms in total. The van der Waals surface area contributed by atoms with Gasteiger partial charge in [0.25, 0.3) is 5.91 Å². The number of esters is 1. The molecule has 0 atom stereocenters. The Kier molecular flexibility index (Phi) is 4.74. The molecule has 2 aromatic heterocycles. The van der Waals surface area contributed by atoms with E-state index >= 15 is 0 Å². The van der Waals surface area contributed by atoms with Crippen molar-refractivity contribution in [2.45, 2.75) is 6.92 Å². The molecule has 2 aromatic carbocycles. The van der Waals surface area contributed by atoms with E-state index in [1.54, 1.807) is 34.8 Å². The van der Waals surface area contributed by atoms with Crippen molar-refractivity contribution in [3.63, 3.8) is 0 Å². The summed E-state index contributed by atoms with van der Waals surface area (Å²) in [5.41, 5.74) is 3.70. The van der Waals surface area contributed by atoms with E-state index in [0.29, 0.717) is 28.3 Å². The topological polar surface area (TPSA) is 98.5 Å². The standard InChI is InChI=1S/C21H17N5O3/c1-13-23-24-19-11-10-18(25-26(13)19)16-4-3-5-17(12-16)22-20(27)14-6-8-15(9-7-14)21(28)29-2/h3-12H,1-2H3,(H,22,27). The molecule has 8 heteroatoms. The van der Waals surface area contributed by atoms with E-state index in [2.05, 4.69) is 25.3 Å². The van der Waals surface area contributed by atoms with Crippen LogP contribution in [0.4, 0.5) is 5.69 Å². The minimum absolute atomic E-state index is 0.281. The minimum atomic E-state index is -0.447. The lowest BCUT2D eigenvalue weighted by atomic mass is 10.1. The smallest absolute Gasteiger partial charge is 0.337 e. The zero-order valence-corrected chi connectivity index (χ0v) is 15.8. The average Bonchev–Trinajstić information content (AvgIpc) is 3.13.